The van der Waals surface area contributed by atoms with Crippen LogP contribution in [-0.2, 0) is 19.3 Å². The Morgan fingerprint density at radius 1 is 1.10 bits per heavy atom. The number of fused-ring (bicyclic) bond motifs is 5. The number of aryl methyl sites for hydroxylation is 2. The van der Waals surface area contributed by atoms with Crippen molar-refractivity contribution in [3.8, 4) is 0 Å². The highest BCUT2D eigenvalue weighted by Crippen LogP contribution is 2.43. The Balaban J connectivity index is 1.72. The van der Waals surface area contributed by atoms with Gasteiger partial charge in [0.1, 0.15) is 4.83 Å². The molecule has 0 radical (unpaired) electrons. The Morgan fingerprint density at radius 2 is 1.90 bits per heavy atom. The van der Waals surface area contributed by atoms with Crippen molar-refractivity contribution in [2.75, 3.05) is 24.2 Å². The van der Waals surface area contributed by atoms with Crippen molar-refractivity contribution in [3.05, 3.63) is 16.8 Å². The molecule has 29 heavy (non-hydrogen) atoms. The topological polar surface area (TPSA) is 41.9 Å². The van der Waals surface area contributed by atoms with E-state index in [-0.39, 0.29) is 0 Å². The lowest BCUT2D eigenvalue weighted by Gasteiger charge is -2.31. The minimum atomic E-state index is 0.817. The molecule has 0 N–H and O–H groups in total. The van der Waals surface area contributed by atoms with Crippen LogP contribution in [0.1, 0.15) is 62.8 Å². The van der Waals surface area contributed by atoms with Gasteiger partial charge >= 0.3 is 0 Å². The van der Waals surface area contributed by atoms with E-state index in [9.17, 15) is 0 Å². The highest BCUT2D eigenvalue weighted by molar-refractivity contribution is 7.98. The molecular formula is C23H30N4S2. The van der Waals surface area contributed by atoms with Gasteiger partial charge in [-0.15, -0.1) is 11.3 Å². The molecule has 1 aliphatic carbocycles. The normalized spacial score (nSPS) is 17.6. The molecule has 4 nitrogen and oxygen atoms in total. The number of pyridine rings is 1. The Hall–Kier alpha value is -1.40. The number of hydrogen-bond acceptors (Lipinski definition) is 6. The van der Waals surface area contributed by atoms with Crippen LogP contribution in [0.15, 0.2) is 5.16 Å². The van der Waals surface area contributed by atoms with Gasteiger partial charge in [0, 0.05) is 24.2 Å². The third kappa shape index (κ3) is 3.42. The molecule has 2 aliphatic rings. The number of aromatic nitrogens is 3. The summed E-state index contributed by atoms with van der Waals surface area (Å²) in [6.45, 7) is 6.83. The summed E-state index contributed by atoms with van der Waals surface area (Å²) in [5, 5.41) is 2.23. The summed E-state index contributed by atoms with van der Waals surface area (Å²) >= 11 is 3.49. The molecule has 1 aliphatic heterocycles. The number of rotatable bonds is 5. The van der Waals surface area contributed by atoms with Crippen LogP contribution < -0.4 is 4.90 Å². The van der Waals surface area contributed by atoms with Crippen molar-refractivity contribution in [1.82, 2.24) is 15.0 Å². The van der Waals surface area contributed by atoms with E-state index in [1.54, 1.807) is 11.8 Å². The van der Waals surface area contributed by atoms with Crippen LogP contribution in [0.25, 0.3) is 20.4 Å². The van der Waals surface area contributed by atoms with Crippen molar-refractivity contribution in [3.63, 3.8) is 0 Å². The summed E-state index contributed by atoms with van der Waals surface area (Å²) in [7, 11) is 0. The van der Waals surface area contributed by atoms with Crippen molar-refractivity contribution in [2.24, 2.45) is 5.92 Å². The van der Waals surface area contributed by atoms with Crippen LogP contribution in [0.5, 0.6) is 0 Å². The molecule has 0 aromatic carbocycles. The van der Waals surface area contributed by atoms with Crippen molar-refractivity contribution < 1.29 is 0 Å². The number of nitrogens with zero attached hydrogens (tertiary/aromatic N) is 4. The maximum Gasteiger partial charge on any atom is 0.189 e. The molecule has 4 heterocycles. The van der Waals surface area contributed by atoms with Crippen LogP contribution in [0.3, 0.4) is 0 Å². The van der Waals surface area contributed by atoms with Gasteiger partial charge in [0.2, 0.25) is 0 Å². The fraction of sp³-hybridized carbons (Fsp3) is 0.609. The molecule has 6 heteroatoms. The number of unbranched alkanes of at least 4 members (excludes halogenated alkanes) is 1. The van der Waals surface area contributed by atoms with E-state index in [1.165, 1.54) is 76.7 Å². The average Bonchev–Trinajstić information content (AvgIpc) is 3.36. The molecule has 0 spiro atoms. The molecule has 0 atom stereocenters. The van der Waals surface area contributed by atoms with E-state index >= 15 is 0 Å². The van der Waals surface area contributed by atoms with E-state index in [0.717, 1.165) is 41.9 Å². The lowest BCUT2D eigenvalue weighted by atomic mass is 9.99. The van der Waals surface area contributed by atoms with E-state index < -0.39 is 0 Å². The van der Waals surface area contributed by atoms with Gasteiger partial charge in [0.05, 0.1) is 10.2 Å². The van der Waals surface area contributed by atoms with Crippen molar-refractivity contribution in [2.45, 2.75) is 70.4 Å². The van der Waals surface area contributed by atoms with E-state index in [1.807, 2.05) is 11.3 Å². The van der Waals surface area contributed by atoms with Crippen LogP contribution >= 0.6 is 23.1 Å². The Labute approximate surface area is 181 Å². The van der Waals surface area contributed by atoms with E-state index in [0.29, 0.717) is 0 Å². The van der Waals surface area contributed by atoms with Crippen molar-refractivity contribution >= 4 is 49.3 Å². The molecule has 0 amide bonds. The molecule has 1 saturated heterocycles. The van der Waals surface area contributed by atoms with Gasteiger partial charge in [0.25, 0.3) is 0 Å². The Morgan fingerprint density at radius 3 is 2.66 bits per heavy atom. The van der Waals surface area contributed by atoms with Gasteiger partial charge in [-0.3, -0.25) is 0 Å². The zero-order valence-corrected chi connectivity index (χ0v) is 19.4. The maximum absolute atomic E-state index is 5.20. The summed E-state index contributed by atoms with van der Waals surface area (Å²) in [4.78, 5) is 18.9. The predicted octanol–water partition coefficient (Wildman–Crippen LogP) is 6.03. The number of piperidine rings is 1. The minimum Gasteiger partial charge on any atom is -0.355 e. The molecule has 0 unspecified atom stereocenters. The second kappa shape index (κ2) is 8.03. The molecule has 5 rings (SSSR count). The molecule has 3 aromatic heterocycles. The summed E-state index contributed by atoms with van der Waals surface area (Å²) in [6, 6.07) is 0. The molecule has 154 valence electrons. The quantitative estimate of drug-likeness (QED) is 0.368. The Kier molecular flexibility index (Phi) is 5.41. The minimum absolute atomic E-state index is 0.817. The third-order valence-electron chi connectivity index (χ3n) is 6.61. The molecule has 3 aromatic rings. The lowest BCUT2D eigenvalue weighted by molar-refractivity contribution is 0.437. The zero-order valence-electron chi connectivity index (χ0n) is 17.8. The van der Waals surface area contributed by atoms with Gasteiger partial charge in [-0.2, -0.15) is 0 Å². The second-order valence-electron chi connectivity index (χ2n) is 8.64. The monoisotopic (exact) mass is 426 g/mol. The summed E-state index contributed by atoms with van der Waals surface area (Å²) in [6.07, 6.45) is 11.8. The van der Waals surface area contributed by atoms with Gasteiger partial charge in [-0.1, -0.05) is 32.0 Å². The molecule has 0 saturated carbocycles. The highest BCUT2D eigenvalue weighted by Gasteiger charge is 2.27. The van der Waals surface area contributed by atoms with Crippen molar-refractivity contribution in [1.29, 1.82) is 0 Å². The molecule has 1 fully saturated rings. The molecule has 0 bridgehead atoms. The summed E-state index contributed by atoms with van der Waals surface area (Å²) < 4.78 is 1.25. The number of thioether (sulfide) groups is 1. The second-order valence-corrected chi connectivity index (χ2v) is 10.4. The smallest absolute Gasteiger partial charge is 0.189 e. The third-order valence-corrected chi connectivity index (χ3v) is 8.23. The lowest BCUT2D eigenvalue weighted by Crippen LogP contribution is -2.33. The van der Waals surface area contributed by atoms with Gasteiger partial charge in [0.15, 0.2) is 11.0 Å². The van der Waals surface area contributed by atoms with Crippen LogP contribution in [0.2, 0.25) is 0 Å². The fourth-order valence-electron chi connectivity index (χ4n) is 4.89. The standard InChI is InChI=1S/C23H30N4S2/c1-4-5-9-17-15-7-6-8-16(15)18-19-20(29-22(18)24-17)21(26-23(25-19)28-3)27-12-10-14(2)11-13-27/h14H,4-13H2,1-3H3. The first-order valence-electron chi connectivity index (χ1n) is 11.1. The van der Waals surface area contributed by atoms with Crippen LogP contribution in [0.4, 0.5) is 5.82 Å². The Bertz CT molecular complexity index is 1050. The average molecular weight is 427 g/mol. The first-order chi connectivity index (χ1) is 14.2. The maximum atomic E-state index is 5.20. The number of thiophene rings is 1. The first kappa shape index (κ1) is 19.6. The van der Waals surface area contributed by atoms with Gasteiger partial charge in [-0.25, -0.2) is 15.0 Å². The summed E-state index contributed by atoms with van der Waals surface area (Å²) in [5.74, 6) is 1.97. The van der Waals surface area contributed by atoms with E-state index in [2.05, 4.69) is 25.0 Å². The predicted molar refractivity (Wildman–Crippen MR) is 126 cm³/mol. The van der Waals surface area contributed by atoms with Gasteiger partial charge < -0.3 is 4.90 Å². The number of anilines is 1. The van der Waals surface area contributed by atoms with Crippen LogP contribution in [0, 0.1) is 5.92 Å². The first-order valence-corrected chi connectivity index (χ1v) is 13.2. The van der Waals surface area contributed by atoms with E-state index in [4.69, 9.17) is 15.0 Å². The summed E-state index contributed by atoms with van der Waals surface area (Å²) in [5.41, 5.74) is 5.58. The largest absolute Gasteiger partial charge is 0.355 e. The van der Waals surface area contributed by atoms with Gasteiger partial charge in [-0.05, 0) is 68.2 Å². The fourth-order valence-corrected chi connectivity index (χ4v) is 6.43. The van der Waals surface area contributed by atoms with Crippen LogP contribution in [-0.4, -0.2) is 34.3 Å². The molecular weight excluding hydrogens is 396 g/mol. The number of hydrogen-bond donors (Lipinski definition) is 0. The highest BCUT2D eigenvalue weighted by atomic mass is 32.2. The SMILES string of the molecule is CCCCc1nc2sc3c(N4CCC(C)CC4)nc(SC)nc3c2c2c1CCC2. The zero-order chi connectivity index (χ0) is 20.0.